The minimum Gasteiger partial charge on any atom is -0.493 e. The van der Waals surface area contributed by atoms with Crippen LogP contribution in [-0.4, -0.2) is 33.8 Å². The van der Waals surface area contributed by atoms with Crippen LogP contribution in [0.2, 0.25) is 0 Å². The molecule has 30 heavy (non-hydrogen) atoms. The molecule has 1 atom stereocenters. The van der Waals surface area contributed by atoms with Crippen LogP contribution in [0.5, 0.6) is 17.2 Å². The smallest absolute Gasteiger partial charge is 0.221 e. The lowest BCUT2D eigenvalue weighted by Gasteiger charge is -2.16. The molecule has 0 radical (unpaired) electrons. The van der Waals surface area contributed by atoms with Crippen molar-refractivity contribution in [1.82, 2.24) is 19.6 Å². The normalized spacial score (nSPS) is 12.3. The van der Waals surface area contributed by atoms with Gasteiger partial charge in [-0.3, -0.25) is 5.10 Å². The van der Waals surface area contributed by atoms with Gasteiger partial charge in [-0.2, -0.15) is 0 Å². The standard InChI is InChI=1S/C21H21BrN4O3S/c1-4-5-16(29-13-8-6-12(22)7-9-13)19-24-20-14-10-17(27-2)18(28-3)11-15(14)23-21(30)26(20)25-19/h6-11,16H,4-5H2,1-3H3,(H,24,25)/t16-/m0/s1. The highest BCUT2D eigenvalue weighted by molar-refractivity contribution is 9.10. The molecule has 0 aliphatic rings. The molecule has 1 N–H and O–H groups in total. The molecule has 2 aromatic carbocycles. The summed E-state index contributed by atoms with van der Waals surface area (Å²) in [5.74, 6) is 2.66. The van der Waals surface area contributed by atoms with Crippen LogP contribution in [-0.2, 0) is 0 Å². The fraction of sp³-hybridized carbons (Fsp3) is 0.286. The quantitative estimate of drug-likeness (QED) is 0.339. The molecule has 0 amide bonds. The van der Waals surface area contributed by atoms with Crippen molar-refractivity contribution in [2.24, 2.45) is 0 Å². The Balaban J connectivity index is 1.83. The summed E-state index contributed by atoms with van der Waals surface area (Å²) in [7, 11) is 3.19. The summed E-state index contributed by atoms with van der Waals surface area (Å²) in [6.07, 6.45) is 1.49. The molecule has 156 valence electrons. The molecule has 7 nitrogen and oxygen atoms in total. The van der Waals surface area contributed by atoms with Crippen LogP contribution in [0.1, 0.15) is 31.7 Å². The zero-order valence-electron chi connectivity index (χ0n) is 16.8. The molecule has 4 rings (SSSR count). The van der Waals surface area contributed by atoms with Crippen LogP contribution in [0, 0.1) is 4.77 Å². The molecule has 0 saturated heterocycles. The number of nitrogens with zero attached hydrogens (tertiary/aromatic N) is 3. The van der Waals surface area contributed by atoms with Crippen molar-refractivity contribution in [2.45, 2.75) is 25.9 Å². The summed E-state index contributed by atoms with van der Waals surface area (Å²) in [5, 5.41) is 4.08. The van der Waals surface area contributed by atoms with Gasteiger partial charge in [0.2, 0.25) is 4.77 Å². The van der Waals surface area contributed by atoms with Crippen molar-refractivity contribution in [1.29, 1.82) is 0 Å². The first kappa shape index (κ1) is 20.6. The van der Waals surface area contributed by atoms with Crippen LogP contribution in [0.25, 0.3) is 16.6 Å². The highest BCUT2D eigenvalue weighted by Gasteiger charge is 2.20. The SMILES string of the molecule is CCC[C@H](Oc1ccc(Br)cc1)c1nc2c3cc(OC)c(OC)cc3nc(=S)n2[nH]1. The summed E-state index contributed by atoms with van der Waals surface area (Å²) in [5.41, 5.74) is 1.36. The number of methoxy groups -OCH3 is 2. The topological polar surface area (TPSA) is 73.7 Å². The summed E-state index contributed by atoms with van der Waals surface area (Å²) >= 11 is 8.94. The van der Waals surface area contributed by atoms with Crippen LogP contribution in [0.3, 0.4) is 0 Å². The van der Waals surface area contributed by atoms with Crippen LogP contribution in [0.15, 0.2) is 40.9 Å². The Kier molecular flexibility index (Phi) is 5.92. The Morgan fingerprint density at radius 1 is 1.10 bits per heavy atom. The molecular formula is C21H21BrN4O3S. The van der Waals surface area contributed by atoms with E-state index in [0.29, 0.717) is 33.3 Å². The van der Waals surface area contributed by atoms with Gasteiger partial charge in [0.05, 0.1) is 19.7 Å². The predicted octanol–water partition coefficient (Wildman–Crippen LogP) is 5.64. The van der Waals surface area contributed by atoms with Gasteiger partial charge in [0, 0.05) is 15.9 Å². The van der Waals surface area contributed by atoms with E-state index < -0.39 is 0 Å². The van der Waals surface area contributed by atoms with Crippen molar-refractivity contribution in [2.75, 3.05) is 14.2 Å². The van der Waals surface area contributed by atoms with E-state index in [0.717, 1.165) is 28.5 Å². The average molecular weight is 489 g/mol. The minimum atomic E-state index is -0.249. The Labute approximate surface area is 187 Å². The summed E-state index contributed by atoms with van der Waals surface area (Å²) < 4.78 is 20.1. The second kappa shape index (κ2) is 8.61. The highest BCUT2D eigenvalue weighted by atomic mass is 79.9. The monoisotopic (exact) mass is 488 g/mol. The second-order valence-corrected chi connectivity index (χ2v) is 8.02. The van der Waals surface area contributed by atoms with E-state index in [-0.39, 0.29) is 6.10 Å². The zero-order chi connectivity index (χ0) is 21.3. The molecule has 0 aliphatic heterocycles. The van der Waals surface area contributed by atoms with Gasteiger partial charge in [-0.15, -0.1) is 0 Å². The second-order valence-electron chi connectivity index (χ2n) is 6.74. The van der Waals surface area contributed by atoms with Gasteiger partial charge in [0.15, 0.2) is 29.1 Å². The molecule has 0 fully saturated rings. The van der Waals surface area contributed by atoms with E-state index in [2.05, 4.69) is 32.9 Å². The van der Waals surface area contributed by atoms with Crippen molar-refractivity contribution in [3.8, 4) is 17.2 Å². The number of benzene rings is 2. The largest absolute Gasteiger partial charge is 0.493 e. The zero-order valence-corrected chi connectivity index (χ0v) is 19.2. The molecule has 0 unspecified atom stereocenters. The number of halogens is 1. The first-order valence-corrected chi connectivity index (χ1v) is 10.7. The minimum absolute atomic E-state index is 0.249. The van der Waals surface area contributed by atoms with E-state index >= 15 is 0 Å². The van der Waals surface area contributed by atoms with E-state index in [1.165, 1.54) is 0 Å². The van der Waals surface area contributed by atoms with Gasteiger partial charge in [0.1, 0.15) is 5.75 Å². The number of H-pyrrole nitrogens is 1. The Bertz CT molecular complexity index is 1250. The van der Waals surface area contributed by atoms with E-state index in [1.54, 1.807) is 24.8 Å². The number of nitrogens with one attached hydrogen (secondary N) is 1. The molecule has 9 heteroatoms. The van der Waals surface area contributed by atoms with Crippen molar-refractivity contribution >= 4 is 44.7 Å². The van der Waals surface area contributed by atoms with Gasteiger partial charge in [-0.05, 0) is 49.0 Å². The third kappa shape index (κ3) is 3.87. The molecule has 4 aromatic rings. The van der Waals surface area contributed by atoms with E-state index in [9.17, 15) is 0 Å². The number of hydrogen-bond acceptors (Lipinski definition) is 6. The number of ether oxygens (including phenoxy) is 3. The average Bonchev–Trinajstić information content (AvgIpc) is 3.20. The molecule has 0 aliphatic carbocycles. The predicted molar refractivity (Wildman–Crippen MR) is 121 cm³/mol. The number of aromatic amines is 1. The Morgan fingerprint density at radius 2 is 1.80 bits per heavy atom. The van der Waals surface area contributed by atoms with Crippen molar-refractivity contribution in [3.63, 3.8) is 0 Å². The van der Waals surface area contributed by atoms with Gasteiger partial charge in [-0.1, -0.05) is 29.3 Å². The summed E-state index contributed by atoms with van der Waals surface area (Å²) in [6, 6.07) is 11.4. The Morgan fingerprint density at radius 3 is 2.47 bits per heavy atom. The first-order valence-electron chi connectivity index (χ1n) is 9.50. The van der Waals surface area contributed by atoms with E-state index in [1.807, 2.05) is 30.3 Å². The fourth-order valence-electron chi connectivity index (χ4n) is 3.30. The van der Waals surface area contributed by atoms with Crippen molar-refractivity contribution in [3.05, 3.63) is 51.5 Å². The number of rotatable bonds is 7. The third-order valence-electron chi connectivity index (χ3n) is 4.76. The first-order chi connectivity index (χ1) is 14.5. The van der Waals surface area contributed by atoms with Gasteiger partial charge < -0.3 is 14.2 Å². The van der Waals surface area contributed by atoms with Crippen LogP contribution in [0.4, 0.5) is 0 Å². The number of fused-ring (bicyclic) bond motifs is 3. The lowest BCUT2D eigenvalue weighted by molar-refractivity contribution is 0.184. The summed E-state index contributed by atoms with van der Waals surface area (Å²) in [6.45, 7) is 2.11. The maximum Gasteiger partial charge on any atom is 0.221 e. The van der Waals surface area contributed by atoms with Crippen LogP contribution >= 0.6 is 28.1 Å². The molecule has 2 heterocycles. The molecule has 0 spiro atoms. The fourth-order valence-corrected chi connectivity index (χ4v) is 3.80. The number of hydrogen-bond donors (Lipinski definition) is 1. The third-order valence-corrected chi connectivity index (χ3v) is 5.57. The molecular weight excluding hydrogens is 468 g/mol. The van der Waals surface area contributed by atoms with Gasteiger partial charge in [-0.25, -0.2) is 14.5 Å². The van der Waals surface area contributed by atoms with Crippen LogP contribution < -0.4 is 14.2 Å². The Hall–Kier alpha value is -2.65. The number of aromatic nitrogens is 4. The molecule has 0 bridgehead atoms. The van der Waals surface area contributed by atoms with Gasteiger partial charge >= 0.3 is 0 Å². The molecule has 0 saturated carbocycles. The maximum atomic E-state index is 6.23. The lowest BCUT2D eigenvalue weighted by Crippen LogP contribution is -2.09. The van der Waals surface area contributed by atoms with E-state index in [4.69, 9.17) is 31.4 Å². The summed E-state index contributed by atoms with van der Waals surface area (Å²) in [4.78, 5) is 9.36. The molecule has 2 aromatic heterocycles. The van der Waals surface area contributed by atoms with Gasteiger partial charge in [0.25, 0.3) is 0 Å². The maximum absolute atomic E-state index is 6.23. The van der Waals surface area contributed by atoms with Crippen molar-refractivity contribution < 1.29 is 14.2 Å². The lowest BCUT2D eigenvalue weighted by atomic mass is 10.2. The highest BCUT2D eigenvalue weighted by Crippen LogP contribution is 2.33.